The third kappa shape index (κ3) is 1.68. The van der Waals surface area contributed by atoms with E-state index in [0.29, 0.717) is 23.0 Å². The van der Waals surface area contributed by atoms with Crippen LogP contribution in [0.25, 0.3) is 11.1 Å². The fourth-order valence-corrected chi connectivity index (χ4v) is 2.33. The third-order valence-electron chi connectivity index (χ3n) is 3.15. The molecule has 0 saturated carbocycles. The van der Waals surface area contributed by atoms with Gasteiger partial charge in [0.05, 0.1) is 0 Å². The average Bonchev–Trinajstić information content (AvgIpc) is 2.89. The van der Waals surface area contributed by atoms with Gasteiger partial charge in [-0.15, -0.1) is 0 Å². The Hall–Kier alpha value is -2.36. The van der Waals surface area contributed by atoms with Crippen molar-refractivity contribution in [2.24, 2.45) is 0 Å². The first-order chi connectivity index (χ1) is 10.3. The lowest BCUT2D eigenvalue weighted by Gasteiger charge is -2.16. The lowest BCUT2D eigenvalue weighted by atomic mass is 10.0. The van der Waals surface area contributed by atoms with Gasteiger partial charge >= 0.3 is 0 Å². The van der Waals surface area contributed by atoms with Crippen molar-refractivity contribution in [1.29, 1.82) is 0 Å². The summed E-state index contributed by atoms with van der Waals surface area (Å²) in [6.07, 6.45) is 0. The van der Waals surface area contributed by atoms with Crippen LogP contribution in [0.3, 0.4) is 0 Å². The second kappa shape index (κ2) is 3.82. The van der Waals surface area contributed by atoms with Crippen LogP contribution in [0.4, 0.5) is 0 Å². The van der Waals surface area contributed by atoms with Crippen molar-refractivity contribution < 1.29 is 21.7 Å². The monoisotopic (exact) mass is 271 g/mol. The molecule has 0 bridgehead atoms. The van der Waals surface area contributed by atoms with Gasteiger partial charge in [0, 0.05) is 19.4 Å². The summed E-state index contributed by atoms with van der Waals surface area (Å²) in [7, 11) is 0. The van der Waals surface area contributed by atoms with Gasteiger partial charge in [0.2, 0.25) is 12.5 Å². The minimum atomic E-state index is -2.13. The predicted octanol–water partition coefficient (Wildman–Crippen LogP) is 3.39. The quantitative estimate of drug-likeness (QED) is 0.796. The van der Waals surface area contributed by atoms with E-state index in [1.807, 2.05) is 19.9 Å². The molecule has 2 aromatic rings. The van der Waals surface area contributed by atoms with E-state index in [4.69, 9.17) is 21.7 Å². The van der Waals surface area contributed by atoms with Gasteiger partial charge in [-0.05, 0) is 35.9 Å². The molecule has 4 nitrogen and oxygen atoms in total. The van der Waals surface area contributed by atoms with Gasteiger partial charge in [-0.25, -0.2) is 0 Å². The van der Waals surface area contributed by atoms with E-state index in [0.717, 1.165) is 11.1 Å². The lowest BCUT2D eigenvalue weighted by molar-refractivity contribution is -0.0429. The highest BCUT2D eigenvalue weighted by Gasteiger charge is 2.33. The second-order valence-corrected chi connectivity index (χ2v) is 5.10. The zero-order chi connectivity index (χ0) is 15.5. The number of ether oxygens (including phenoxy) is 4. The molecule has 0 spiro atoms. The van der Waals surface area contributed by atoms with E-state index >= 15 is 0 Å². The summed E-state index contributed by atoms with van der Waals surface area (Å²) in [5.41, 5.74) is 1.53. The number of hydrogen-bond acceptors (Lipinski definition) is 4. The van der Waals surface area contributed by atoms with Gasteiger partial charge < -0.3 is 18.9 Å². The Bertz CT molecular complexity index is 771. The highest BCUT2D eigenvalue weighted by molar-refractivity contribution is 5.76. The van der Waals surface area contributed by atoms with E-state index in [9.17, 15) is 0 Å². The van der Waals surface area contributed by atoms with Crippen molar-refractivity contribution in [3.63, 3.8) is 0 Å². The average molecular weight is 271 g/mol. The normalized spacial score (nSPS) is 21.3. The zero-order valence-electron chi connectivity index (χ0n) is 13.0. The van der Waals surface area contributed by atoms with Gasteiger partial charge in [0.1, 0.15) is 2.74 Å². The second-order valence-electron chi connectivity index (χ2n) is 5.10. The van der Waals surface area contributed by atoms with Crippen LogP contribution >= 0.6 is 0 Å². The molecule has 101 valence electrons. The van der Waals surface area contributed by atoms with Crippen molar-refractivity contribution in [2.75, 3.05) is 6.75 Å². The van der Waals surface area contributed by atoms with E-state index in [1.54, 1.807) is 24.3 Å². The molecule has 4 heteroatoms. The Morgan fingerprint density at radius 3 is 2.85 bits per heavy atom. The Morgan fingerprint density at radius 2 is 1.95 bits per heavy atom. The first-order valence-electron chi connectivity index (χ1n) is 7.28. The van der Waals surface area contributed by atoms with Gasteiger partial charge in [0.15, 0.2) is 23.0 Å². The molecule has 2 aromatic carbocycles. The van der Waals surface area contributed by atoms with Crippen LogP contribution in [-0.2, 0) is 0 Å². The van der Waals surface area contributed by atoms with Gasteiger partial charge in [-0.2, -0.15) is 0 Å². The number of hydrogen-bond donors (Lipinski definition) is 0. The summed E-state index contributed by atoms with van der Waals surface area (Å²) >= 11 is 0. The van der Waals surface area contributed by atoms with Crippen LogP contribution in [0, 0.1) is 6.07 Å². The summed E-state index contributed by atoms with van der Waals surface area (Å²) in [5.74, 6) is 1.28. The highest BCUT2D eigenvalue weighted by Crippen LogP contribution is 2.47. The SMILES string of the molecule is [2H]C1([2H])Oc2ccc(-c3[c]ccc4c3OC(C)(C)O4)cc2O1. The molecule has 1 radical (unpaired) electrons. The van der Waals surface area contributed by atoms with Gasteiger partial charge in [-0.1, -0.05) is 6.07 Å². The van der Waals surface area contributed by atoms with Crippen LogP contribution in [0.2, 0.25) is 0 Å². The maximum atomic E-state index is 7.49. The summed E-state index contributed by atoms with van der Waals surface area (Å²) in [4.78, 5) is 0. The Labute approximate surface area is 119 Å². The molecular formula is C16H13O4. The molecule has 2 aliphatic rings. The topological polar surface area (TPSA) is 36.9 Å². The first kappa shape index (κ1) is 9.53. The van der Waals surface area contributed by atoms with Crippen LogP contribution in [0.1, 0.15) is 16.6 Å². The Morgan fingerprint density at radius 1 is 1.10 bits per heavy atom. The third-order valence-corrected chi connectivity index (χ3v) is 3.15. The van der Waals surface area contributed by atoms with Gasteiger partial charge in [0.25, 0.3) is 0 Å². The van der Waals surface area contributed by atoms with Crippen molar-refractivity contribution in [2.45, 2.75) is 19.6 Å². The molecule has 0 fully saturated rings. The molecule has 0 saturated heterocycles. The standard InChI is InChI=1S/C16H13O4/c1-16(2)19-13-5-3-4-11(15(13)20-16)10-6-7-12-14(8-10)18-9-17-12/h3,5-8H,9H2,1-2H3/i9D2. The van der Waals surface area contributed by atoms with Crippen molar-refractivity contribution >= 4 is 0 Å². The fraction of sp³-hybridized carbons (Fsp3) is 0.250. The molecule has 20 heavy (non-hydrogen) atoms. The molecule has 0 aliphatic carbocycles. The molecule has 4 rings (SSSR count). The number of benzene rings is 2. The molecule has 2 aliphatic heterocycles. The number of fused-ring (bicyclic) bond motifs is 2. The van der Waals surface area contributed by atoms with E-state index < -0.39 is 12.5 Å². The summed E-state index contributed by atoms with van der Waals surface area (Å²) in [6, 6.07) is 11.9. The largest absolute Gasteiger partial charge is 0.454 e. The van der Waals surface area contributed by atoms with Crippen LogP contribution in [-0.4, -0.2) is 12.5 Å². The van der Waals surface area contributed by atoms with E-state index in [-0.39, 0.29) is 0 Å². The first-order valence-corrected chi connectivity index (χ1v) is 6.28. The fourth-order valence-electron chi connectivity index (χ4n) is 2.33. The summed E-state index contributed by atoms with van der Waals surface area (Å²) < 4.78 is 36.7. The summed E-state index contributed by atoms with van der Waals surface area (Å²) in [6.45, 7) is 1.54. The maximum Gasteiger partial charge on any atom is 0.246 e. The van der Waals surface area contributed by atoms with Crippen molar-refractivity contribution in [1.82, 2.24) is 0 Å². The maximum absolute atomic E-state index is 7.49. The Balaban J connectivity index is 1.78. The smallest absolute Gasteiger partial charge is 0.246 e. The molecule has 2 heterocycles. The van der Waals surface area contributed by atoms with Crippen LogP contribution in [0.15, 0.2) is 30.3 Å². The Kier molecular flexibility index (Phi) is 1.82. The minimum absolute atomic E-state index is 0.353. The van der Waals surface area contributed by atoms with Crippen molar-refractivity contribution in [3.05, 3.63) is 36.4 Å². The van der Waals surface area contributed by atoms with Gasteiger partial charge in [-0.3, -0.25) is 0 Å². The molecule has 0 N–H and O–H groups in total. The summed E-state index contributed by atoms with van der Waals surface area (Å²) in [5, 5.41) is 0. The van der Waals surface area contributed by atoms with E-state index in [2.05, 4.69) is 6.07 Å². The lowest BCUT2D eigenvalue weighted by Crippen LogP contribution is -2.29. The minimum Gasteiger partial charge on any atom is -0.454 e. The molecule has 0 aromatic heterocycles. The van der Waals surface area contributed by atoms with Crippen molar-refractivity contribution in [3.8, 4) is 34.1 Å². The predicted molar refractivity (Wildman–Crippen MR) is 72.2 cm³/mol. The highest BCUT2D eigenvalue weighted by atomic mass is 16.7. The molecular weight excluding hydrogens is 256 g/mol. The molecule has 0 unspecified atom stereocenters. The van der Waals surface area contributed by atoms with Crippen LogP contribution in [0.5, 0.6) is 23.0 Å². The zero-order valence-corrected chi connectivity index (χ0v) is 11.0. The molecule has 0 amide bonds. The molecule has 0 atom stereocenters. The van der Waals surface area contributed by atoms with E-state index in [1.165, 1.54) is 0 Å². The van der Waals surface area contributed by atoms with Crippen LogP contribution < -0.4 is 18.9 Å². The number of rotatable bonds is 1.